The predicted molar refractivity (Wildman–Crippen MR) is 86.0 cm³/mol. The highest BCUT2D eigenvalue weighted by atomic mass is 16.2. The van der Waals surface area contributed by atoms with Crippen LogP contribution in [0.5, 0.6) is 0 Å². The smallest absolute Gasteiger partial charge is 0.234 e. The molecule has 1 aromatic rings. The van der Waals surface area contributed by atoms with Crippen molar-refractivity contribution in [2.45, 2.75) is 19.4 Å². The van der Waals surface area contributed by atoms with Crippen LogP contribution in [0.1, 0.15) is 18.4 Å². The van der Waals surface area contributed by atoms with E-state index < -0.39 is 0 Å². The summed E-state index contributed by atoms with van der Waals surface area (Å²) in [5.74, 6) is 0.0201. The molecule has 0 unspecified atom stereocenters. The van der Waals surface area contributed by atoms with Gasteiger partial charge in [-0.1, -0.05) is 30.3 Å². The minimum absolute atomic E-state index is 0.0201. The monoisotopic (exact) mass is 300 g/mol. The van der Waals surface area contributed by atoms with Gasteiger partial charge in [0.25, 0.3) is 0 Å². The second-order valence-electron chi connectivity index (χ2n) is 5.65. The lowest BCUT2D eigenvalue weighted by Crippen LogP contribution is -2.39. The normalized spacial score (nSPS) is 16.7. The van der Waals surface area contributed by atoms with Crippen molar-refractivity contribution in [3.63, 3.8) is 0 Å². The van der Waals surface area contributed by atoms with Gasteiger partial charge in [0.1, 0.15) is 0 Å². The molecule has 5 heteroatoms. The fourth-order valence-corrected chi connectivity index (χ4v) is 2.70. The van der Waals surface area contributed by atoms with Crippen LogP contribution in [0.3, 0.4) is 0 Å². The summed E-state index contributed by atoms with van der Waals surface area (Å²) in [6, 6.07) is 12.5. The summed E-state index contributed by atoms with van der Waals surface area (Å²) in [5, 5.41) is 11.3. The van der Waals surface area contributed by atoms with Gasteiger partial charge in [-0.3, -0.25) is 14.6 Å². The van der Waals surface area contributed by atoms with Gasteiger partial charge in [-0.05, 0) is 25.1 Å². The molecule has 5 nitrogen and oxygen atoms in total. The van der Waals surface area contributed by atoms with Crippen molar-refractivity contribution >= 4 is 5.91 Å². The number of carbonyl (C=O) groups excluding carboxylic acids is 1. The number of amides is 1. The first-order chi connectivity index (χ1) is 10.8. The van der Waals surface area contributed by atoms with E-state index in [9.17, 15) is 4.79 Å². The summed E-state index contributed by atoms with van der Waals surface area (Å²) < 4.78 is 0. The molecule has 1 aliphatic rings. The maximum atomic E-state index is 11.8. The molecule has 1 heterocycles. The Hall–Kier alpha value is -1.90. The van der Waals surface area contributed by atoms with E-state index in [0.29, 0.717) is 19.5 Å². The van der Waals surface area contributed by atoms with E-state index >= 15 is 0 Å². The summed E-state index contributed by atoms with van der Waals surface area (Å²) in [7, 11) is 0. The van der Waals surface area contributed by atoms with Crippen molar-refractivity contribution in [1.29, 1.82) is 5.26 Å². The molecular formula is C17H24N4O. The second kappa shape index (κ2) is 9.19. The first-order valence-electron chi connectivity index (χ1n) is 7.90. The van der Waals surface area contributed by atoms with Crippen LogP contribution in [-0.2, 0) is 11.3 Å². The zero-order valence-electron chi connectivity index (χ0n) is 13.0. The van der Waals surface area contributed by atoms with Gasteiger partial charge in [-0.15, -0.1) is 0 Å². The molecule has 1 aliphatic heterocycles. The molecule has 0 aromatic heterocycles. The van der Waals surface area contributed by atoms with Crippen molar-refractivity contribution < 1.29 is 4.79 Å². The number of hydrogen-bond acceptors (Lipinski definition) is 4. The maximum absolute atomic E-state index is 11.8. The van der Waals surface area contributed by atoms with E-state index in [-0.39, 0.29) is 5.91 Å². The molecule has 1 saturated heterocycles. The topological polar surface area (TPSA) is 59.4 Å². The van der Waals surface area contributed by atoms with Crippen LogP contribution in [-0.4, -0.2) is 55.0 Å². The average molecular weight is 300 g/mol. The lowest BCUT2D eigenvalue weighted by atomic mass is 10.2. The van der Waals surface area contributed by atoms with Gasteiger partial charge in [0.15, 0.2) is 0 Å². The van der Waals surface area contributed by atoms with Gasteiger partial charge in [0, 0.05) is 26.2 Å². The first kappa shape index (κ1) is 16.5. The fourth-order valence-electron chi connectivity index (χ4n) is 2.70. The molecule has 22 heavy (non-hydrogen) atoms. The zero-order valence-corrected chi connectivity index (χ0v) is 13.0. The number of nitrogens with one attached hydrogen (secondary N) is 1. The molecule has 2 rings (SSSR count). The van der Waals surface area contributed by atoms with E-state index in [4.69, 9.17) is 5.26 Å². The van der Waals surface area contributed by atoms with E-state index in [1.54, 1.807) is 0 Å². The summed E-state index contributed by atoms with van der Waals surface area (Å²) in [4.78, 5) is 16.4. The highest BCUT2D eigenvalue weighted by Crippen LogP contribution is 2.08. The molecule has 1 amide bonds. The van der Waals surface area contributed by atoms with Crippen LogP contribution in [0.2, 0.25) is 0 Å². The van der Waals surface area contributed by atoms with Gasteiger partial charge in [0.2, 0.25) is 5.91 Å². The Morgan fingerprint density at radius 3 is 2.64 bits per heavy atom. The highest BCUT2D eigenvalue weighted by Gasteiger charge is 2.16. The standard InChI is InChI=1S/C17H24N4O/c18-8-4-9-19-17(22)15-21-11-5-10-20(12-13-21)14-16-6-2-1-3-7-16/h1-3,6-7H,4-5,9-15H2,(H,19,22). The Morgan fingerprint density at radius 1 is 1.14 bits per heavy atom. The minimum atomic E-state index is 0.0201. The zero-order chi connectivity index (χ0) is 15.6. The van der Waals surface area contributed by atoms with E-state index in [0.717, 1.165) is 39.1 Å². The Balaban J connectivity index is 1.73. The average Bonchev–Trinajstić information content (AvgIpc) is 2.74. The van der Waals surface area contributed by atoms with Crippen LogP contribution in [0.15, 0.2) is 30.3 Å². The van der Waals surface area contributed by atoms with Crippen molar-refractivity contribution in [3.8, 4) is 6.07 Å². The van der Waals surface area contributed by atoms with Crippen molar-refractivity contribution in [2.75, 3.05) is 39.3 Å². The molecule has 0 atom stereocenters. The highest BCUT2D eigenvalue weighted by molar-refractivity contribution is 5.78. The third kappa shape index (κ3) is 5.84. The summed E-state index contributed by atoms with van der Waals surface area (Å²) >= 11 is 0. The fraction of sp³-hybridized carbons (Fsp3) is 0.529. The molecule has 0 bridgehead atoms. The number of benzene rings is 1. The van der Waals surface area contributed by atoms with Gasteiger partial charge in [-0.25, -0.2) is 0 Å². The van der Waals surface area contributed by atoms with Gasteiger partial charge in [0.05, 0.1) is 19.0 Å². The molecule has 118 valence electrons. The summed E-state index contributed by atoms with van der Waals surface area (Å²) in [6.45, 7) is 5.79. The number of hydrogen-bond donors (Lipinski definition) is 1. The number of rotatable bonds is 6. The lowest BCUT2D eigenvalue weighted by Gasteiger charge is -2.21. The Kier molecular flexibility index (Phi) is 6.88. The van der Waals surface area contributed by atoms with E-state index in [2.05, 4.69) is 39.4 Å². The van der Waals surface area contributed by atoms with Crippen LogP contribution >= 0.6 is 0 Å². The molecule has 0 spiro atoms. The minimum Gasteiger partial charge on any atom is -0.354 e. The van der Waals surface area contributed by atoms with Crippen molar-refractivity contribution in [2.24, 2.45) is 0 Å². The first-order valence-corrected chi connectivity index (χ1v) is 7.90. The van der Waals surface area contributed by atoms with E-state index in [1.807, 2.05) is 12.1 Å². The quantitative estimate of drug-likeness (QED) is 0.803. The van der Waals surface area contributed by atoms with Crippen LogP contribution in [0.25, 0.3) is 0 Å². The number of carbonyl (C=O) groups is 1. The van der Waals surface area contributed by atoms with Crippen molar-refractivity contribution in [3.05, 3.63) is 35.9 Å². The predicted octanol–water partition coefficient (Wildman–Crippen LogP) is 1.22. The lowest BCUT2D eigenvalue weighted by molar-refractivity contribution is -0.122. The molecule has 1 aromatic carbocycles. The van der Waals surface area contributed by atoms with Gasteiger partial charge < -0.3 is 5.32 Å². The van der Waals surface area contributed by atoms with E-state index in [1.165, 1.54) is 5.56 Å². The number of nitrogens with zero attached hydrogens (tertiary/aromatic N) is 3. The van der Waals surface area contributed by atoms with Gasteiger partial charge in [-0.2, -0.15) is 5.26 Å². The van der Waals surface area contributed by atoms with Gasteiger partial charge >= 0.3 is 0 Å². The third-order valence-electron chi connectivity index (χ3n) is 3.86. The largest absolute Gasteiger partial charge is 0.354 e. The molecule has 1 N–H and O–H groups in total. The maximum Gasteiger partial charge on any atom is 0.234 e. The third-order valence-corrected chi connectivity index (χ3v) is 3.86. The molecule has 0 saturated carbocycles. The molecule has 1 fully saturated rings. The molecular weight excluding hydrogens is 276 g/mol. The Morgan fingerprint density at radius 2 is 1.86 bits per heavy atom. The van der Waals surface area contributed by atoms with Crippen molar-refractivity contribution in [1.82, 2.24) is 15.1 Å². The number of nitriles is 1. The van der Waals surface area contributed by atoms with Crippen LogP contribution < -0.4 is 5.32 Å². The van der Waals surface area contributed by atoms with Crippen LogP contribution in [0, 0.1) is 11.3 Å². The Labute approximate surface area is 132 Å². The molecule has 0 aliphatic carbocycles. The van der Waals surface area contributed by atoms with Crippen LogP contribution in [0.4, 0.5) is 0 Å². The summed E-state index contributed by atoms with van der Waals surface area (Å²) in [5.41, 5.74) is 1.34. The summed E-state index contributed by atoms with van der Waals surface area (Å²) in [6.07, 6.45) is 1.45. The second-order valence-corrected chi connectivity index (χ2v) is 5.65. The Bertz CT molecular complexity index is 497. The SMILES string of the molecule is N#CCCNC(=O)CN1CCCN(Cc2ccccc2)CC1. The molecule has 0 radical (unpaired) electrons.